The van der Waals surface area contributed by atoms with Gasteiger partial charge in [0, 0.05) is 19.2 Å². The van der Waals surface area contributed by atoms with Crippen molar-refractivity contribution in [3.63, 3.8) is 0 Å². The Morgan fingerprint density at radius 2 is 2.04 bits per heavy atom. The molecular formula is C17H18N4O3. The van der Waals surface area contributed by atoms with Crippen LogP contribution in [0, 0.1) is 0 Å². The topological polar surface area (TPSA) is 83.6 Å². The minimum absolute atomic E-state index is 0.0381. The summed E-state index contributed by atoms with van der Waals surface area (Å²) in [6.07, 6.45) is 2.89. The molecule has 0 radical (unpaired) electrons. The largest absolute Gasteiger partial charge is 0.495 e. The van der Waals surface area contributed by atoms with Gasteiger partial charge in [-0.2, -0.15) is 0 Å². The maximum absolute atomic E-state index is 12.3. The van der Waals surface area contributed by atoms with Crippen LogP contribution < -0.4 is 20.3 Å². The fourth-order valence-corrected chi connectivity index (χ4v) is 2.62. The van der Waals surface area contributed by atoms with Gasteiger partial charge in [-0.3, -0.25) is 10.1 Å². The van der Waals surface area contributed by atoms with E-state index < -0.39 is 6.03 Å². The highest BCUT2D eigenvalue weighted by Gasteiger charge is 2.24. The number of nitrogens with one attached hydrogen (secondary N) is 2. The molecule has 1 aromatic heterocycles. The summed E-state index contributed by atoms with van der Waals surface area (Å²) in [5, 5.41) is 5.42. The van der Waals surface area contributed by atoms with E-state index in [0.717, 1.165) is 6.42 Å². The number of carbonyl (C=O) groups is 2. The van der Waals surface area contributed by atoms with Crippen molar-refractivity contribution in [3.8, 4) is 5.75 Å². The number of pyridine rings is 1. The summed E-state index contributed by atoms with van der Waals surface area (Å²) in [7, 11) is 1.54. The van der Waals surface area contributed by atoms with Gasteiger partial charge in [0.15, 0.2) is 5.82 Å². The number of hydrogen-bond acceptors (Lipinski definition) is 4. The predicted octanol–water partition coefficient (Wildman–Crippen LogP) is 2.86. The lowest BCUT2D eigenvalue weighted by atomic mass is 10.3. The standard InChI is InChI=1S/C17H18N4O3/c1-24-14-8-3-2-6-12(14)19-17(23)20-16-13(7-4-10-18-16)21-11-5-9-15(21)22/h2-4,6-8,10H,5,9,11H2,1H3,(H2,18,19,20,23). The maximum atomic E-state index is 12.3. The molecular weight excluding hydrogens is 308 g/mol. The zero-order chi connectivity index (χ0) is 16.9. The number of hydrogen-bond donors (Lipinski definition) is 2. The number of anilines is 3. The summed E-state index contributed by atoms with van der Waals surface area (Å²) < 4.78 is 5.20. The number of nitrogens with zero attached hydrogens (tertiary/aromatic N) is 2. The van der Waals surface area contributed by atoms with Crippen molar-refractivity contribution >= 4 is 29.1 Å². The van der Waals surface area contributed by atoms with Crippen molar-refractivity contribution in [1.82, 2.24) is 4.98 Å². The van der Waals surface area contributed by atoms with Crippen LogP contribution in [-0.4, -0.2) is 30.6 Å². The van der Waals surface area contributed by atoms with E-state index in [4.69, 9.17) is 4.74 Å². The van der Waals surface area contributed by atoms with E-state index in [-0.39, 0.29) is 5.91 Å². The van der Waals surface area contributed by atoms with Gasteiger partial charge >= 0.3 is 6.03 Å². The lowest BCUT2D eigenvalue weighted by Crippen LogP contribution is -2.27. The van der Waals surface area contributed by atoms with Gasteiger partial charge in [-0.15, -0.1) is 0 Å². The van der Waals surface area contributed by atoms with Crippen LogP contribution in [0.3, 0.4) is 0 Å². The third-order valence-corrected chi connectivity index (χ3v) is 3.74. The van der Waals surface area contributed by atoms with E-state index in [2.05, 4.69) is 15.6 Å². The van der Waals surface area contributed by atoms with Gasteiger partial charge < -0.3 is 15.0 Å². The van der Waals surface area contributed by atoms with Gasteiger partial charge in [-0.05, 0) is 30.7 Å². The smallest absolute Gasteiger partial charge is 0.325 e. The highest BCUT2D eigenvalue weighted by Crippen LogP contribution is 2.28. The van der Waals surface area contributed by atoms with Crippen LogP contribution in [0.15, 0.2) is 42.6 Å². The summed E-state index contributed by atoms with van der Waals surface area (Å²) >= 11 is 0. The van der Waals surface area contributed by atoms with Crippen molar-refractivity contribution < 1.29 is 14.3 Å². The first-order chi connectivity index (χ1) is 11.7. The number of benzene rings is 1. The Labute approximate surface area is 139 Å². The molecule has 2 heterocycles. The number of urea groups is 1. The van der Waals surface area contributed by atoms with Crippen LogP contribution >= 0.6 is 0 Å². The molecule has 1 aliphatic rings. The lowest BCUT2D eigenvalue weighted by Gasteiger charge is -2.19. The van der Waals surface area contributed by atoms with Gasteiger partial charge in [0.05, 0.1) is 18.5 Å². The van der Waals surface area contributed by atoms with Crippen LogP contribution in [-0.2, 0) is 4.79 Å². The molecule has 0 saturated carbocycles. The Morgan fingerprint density at radius 3 is 2.79 bits per heavy atom. The van der Waals surface area contributed by atoms with E-state index >= 15 is 0 Å². The monoisotopic (exact) mass is 326 g/mol. The van der Waals surface area contributed by atoms with Crippen LogP contribution in [0.25, 0.3) is 0 Å². The first-order valence-corrected chi connectivity index (χ1v) is 7.65. The molecule has 0 atom stereocenters. The fraction of sp³-hybridized carbons (Fsp3) is 0.235. The number of para-hydroxylation sites is 2. The minimum Gasteiger partial charge on any atom is -0.495 e. The second kappa shape index (κ2) is 6.99. The molecule has 24 heavy (non-hydrogen) atoms. The Hall–Kier alpha value is -3.09. The summed E-state index contributed by atoms with van der Waals surface area (Å²) in [5.41, 5.74) is 1.16. The van der Waals surface area contributed by atoms with E-state index in [1.54, 1.807) is 41.4 Å². The molecule has 7 heteroatoms. The molecule has 1 saturated heterocycles. The third-order valence-electron chi connectivity index (χ3n) is 3.74. The minimum atomic E-state index is -0.453. The molecule has 2 aromatic rings. The zero-order valence-electron chi connectivity index (χ0n) is 13.3. The average molecular weight is 326 g/mol. The number of rotatable bonds is 4. The van der Waals surface area contributed by atoms with Crippen molar-refractivity contribution in [2.45, 2.75) is 12.8 Å². The molecule has 124 valence electrons. The summed E-state index contributed by atoms with van der Waals surface area (Å²) in [6.45, 7) is 0.632. The van der Waals surface area contributed by atoms with E-state index in [1.165, 1.54) is 7.11 Å². The van der Waals surface area contributed by atoms with Crippen LogP contribution in [0.1, 0.15) is 12.8 Å². The first-order valence-electron chi connectivity index (χ1n) is 7.65. The Kier molecular flexibility index (Phi) is 4.60. The molecule has 1 aliphatic heterocycles. The van der Waals surface area contributed by atoms with Crippen molar-refractivity contribution in [2.24, 2.45) is 0 Å². The number of ether oxygens (including phenoxy) is 1. The van der Waals surface area contributed by atoms with Gasteiger partial charge in [-0.1, -0.05) is 12.1 Å². The molecule has 3 amide bonds. The molecule has 2 N–H and O–H groups in total. The molecule has 0 aliphatic carbocycles. The van der Waals surface area contributed by atoms with Crippen LogP contribution in [0.5, 0.6) is 5.75 Å². The molecule has 1 fully saturated rings. The van der Waals surface area contributed by atoms with E-state index in [9.17, 15) is 9.59 Å². The Balaban J connectivity index is 1.76. The van der Waals surface area contributed by atoms with Crippen molar-refractivity contribution in [1.29, 1.82) is 0 Å². The van der Waals surface area contributed by atoms with Crippen LogP contribution in [0.4, 0.5) is 22.0 Å². The van der Waals surface area contributed by atoms with Gasteiger partial charge in [0.25, 0.3) is 0 Å². The van der Waals surface area contributed by atoms with E-state index in [0.29, 0.717) is 35.9 Å². The third kappa shape index (κ3) is 3.29. The SMILES string of the molecule is COc1ccccc1NC(=O)Nc1ncccc1N1CCCC1=O. The second-order valence-electron chi connectivity index (χ2n) is 5.30. The van der Waals surface area contributed by atoms with Gasteiger partial charge in [0.2, 0.25) is 5.91 Å². The Bertz CT molecular complexity index is 763. The number of methoxy groups -OCH3 is 1. The quantitative estimate of drug-likeness (QED) is 0.905. The highest BCUT2D eigenvalue weighted by atomic mass is 16.5. The average Bonchev–Trinajstić information content (AvgIpc) is 3.01. The summed E-state index contributed by atoms with van der Waals surface area (Å²) in [4.78, 5) is 30.0. The number of aromatic nitrogens is 1. The summed E-state index contributed by atoms with van der Waals surface area (Å²) in [5.74, 6) is 0.944. The van der Waals surface area contributed by atoms with Crippen molar-refractivity contribution in [3.05, 3.63) is 42.6 Å². The first kappa shape index (κ1) is 15.8. The predicted molar refractivity (Wildman–Crippen MR) is 91.5 cm³/mol. The molecule has 0 spiro atoms. The molecule has 0 unspecified atom stereocenters. The van der Waals surface area contributed by atoms with Gasteiger partial charge in [0.1, 0.15) is 5.75 Å². The highest BCUT2D eigenvalue weighted by molar-refractivity contribution is 6.04. The van der Waals surface area contributed by atoms with Crippen molar-refractivity contribution in [2.75, 3.05) is 29.2 Å². The molecule has 3 rings (SSSR count). The summed E-state index contributed by atoms with van der Waals surface area (Å²) in [6, 6.07) is 10.2. The fourth-order valence-electron chi connectivity index (χ4n) is 2.62. The lowest BCUT2D eigenvalue weighted by molar-refractivity contribution is -0.117. The molecule has 7 nitrogen and oxygen atoms in total. The number of carbonyl (C=O) groups excluding carboxylic acids is 2. The molecule has 0 bridgehead atoms. The van der Waals surface area contributed by atoms with Gasteiger partial charge in [-0.25, -0.2) is 9.78 Å². The Morgan fingerprint density at radius 1 is 1.21 bits per heavy atom. The zero-order valence-corrected chi connectivity index (χ0v) is 13.3. The maximum Gasteiger partial charge on any atom is 0.325 e. The van der Waals surface area contributed by atoms with Crippen LogP contribution in [0.2, 0.25) is 0 Å². The number of amides is 3. The normalized spacial score (nSPS) is 13.7. The molecule has 1 aromatic carbocycles. The van der Waals surface area contributed by atoms with E-state index in [1.807, 2.05) is 6.07 Å². The second-order valence-corrected chi connectivity index (χ2v) is 5.30.